The first-order valence-electron chi connectivity index (χ1n) is 3.93. The van der Waals surface area contributed by atoms with Crippen LogP contribution in [0.25, 0.3) is 0 Å². The Kier molecular flexibility index (Phi) is 2.80. The Bertz CT molecular complexity index is 353. The van der Waals surface area contributed by atoms with Crippen molar-refractivity contribution in [3.05, 3.63) is 11.3 Å². The van der Waals surface area contributed by atoms with Crippen LogP contribution in [0.4, 0.5) is 13.2 Å². The van der Waals surface area contributed by atoms with Crippen LogP contribution in [0.3, 0.4) is 0 Å². The van der Waals surface area contributed by atoms with Gasteiger partial charge in [-0.05, 0) is 25.3 Å². The maximum Gasteiger partial charge on any atom is 0.534 e. The molecule has 0 atom stereocenters. The van der Waals surface area contributed by atoms with E-state index in [1.54, 1.807) is 6.92 Å². The van der Waals surface area contributed by atoms with Gasteiger partial charge in [0.1, 0.15) is 5.76 Å². The zero-order chi connectivity index (χ0) is 11.0. The molecular weight excluding hydrogens is 221 g/mol. The molecule has 7 heteroatoms. The average Bonchev–Trinajstić information content (AvgIpc) is 2.33. The van der Waals surface area contributed by atoms with Gasteiger partial charge in [0.05, 0.1) is 0 Å². The summed E-state index contributed by atoms with van der Waals surface area (Å²) in [5, 5.41) is 0. The lowest BCUT2D eigenvalue weighted by Crippen LogP contribution is -2.25. The molecule has 0 aromatic carbocycles. The van der Waals surface area contributed by atoms with Crippen LogP contribution in [-0.2, 0) is 14.3 Å². The molecule has 82 valence electrons. The van der Waals surface area contributed by atoms with E-state index in [0.29, 0.717) is 18.4 Å². The fourth-order valence-corrected chi connectivity index (χ4v) is 1.74. The molecule has 0 aromatic heterocycles. The highest BCUT2D eigenvalue weighted by atomic mass is 32.2. The molecule has 0 saturated carbocycles. The number of alkyl halides is 3. The zero-order valence-corrected chi connectivity index (χ0v) is 8.20. The molecule has 0 unspecified atom stereocenters. The van der Waals surface area contributed by atoms with E-state index in [1.807, 2.05) is 0 Å². The van der Waals surface area contributed by atoms with Crippen molar-refractivity contribution in [2.24, 2.45) is 0 Å². The summed E-state index contributed by atoms with van der Waals surface area (Å²) < 4.78 is 60.8. The summed E-state index contributed by atoms with van der Waals surface area (Å²) in [4.78, 5) is 0. The minimum absolute atomic E-state index is 0.0673. The van der Waals surface area contributed by atoms with Crippen LogP contribution < -0.4 is 0 Å². The first-order valence-corrected chi connectivity index (χ1v) is 5.34. The van der Waals surface area contributed by atoms with Gasteiger partial charge in [-0.2, -0.15) is 21.6 Å². The van der Waals surface area contributed by atoms with Gasteiger partial charge in [-0.15, -0.1) is 0 Å². The molecule has 1 aliphatic rings. The number of allylic oxidation sites excluding steroid dienone is 2. The number of hydrogen-bond acceptors (Lipinski definition) is 3. The van der Waals surface area contributed by atoms with Crippen LogP contribution in [0.15, 0.2) is 11.3 Å². The smallest absolute Gasteiger partial charge is 0.381 e. The van der Waals surface area contributed by atoms with Crippen molar-refractivity contribution in [2.45, 2.75) is 31.7 Å². The lowest BCUT2D eigenvalue weighted by atomic mass is 10.3. The molecule has 14 heavy (non-hydrogen) atoms. The van der Waals surface area contributed by atoms with E-state index in [1.165, 1.54) is 0 Å². The first kappa shape index (κ1) is 11.4. The minimum atomic E-state index is -5.47. The Balaban J connectivity index is 2.85. The molecule has 0 aromatic rings. The predicted octanol–water partition coefficient (Wildman–Crippen LogP) is 2.31. The van der Waals surface area contributed by atoms with E-state index in [4.69, 9.17) is 0 Å². The molecule has 0 fully saturated rings. The maximum absolute atomic E-state index is 11.9. The van der Waals surface area contributed by atoms with Crippen LogP contribution in [0.5, 0.6) is 0 Å². The molecule has 0 heterocycles. The average molecular weight is 230 g/mol. The summed E-state index contributed by atoms with van der Waals surface area (Å²) >= 11 is 0. The third-order valence-electron chi connectivity index (χ3n) is 1.93. The monoisotopic (exact) mass is 230 g/mol. The molecule has 0 amide bonds. The lowest BCUT2D eigenvalue weighted by Gasteiger charge is -2.10. The normalized spacial score (nSPS) is 18.9. The molecule has 1 aliphatic carbocycles. The summed E-state index contributed by atoms with van der Waals surface area (Å²) in [6, 6.07) is 0. The Hall–Kier alpha value is -0.720. The van der Waals surface area contributed by atoms with Gasteiger partial charge in [0, 0.05) is 6.42 Å². The highest BCUT2D eigenvalue weighted by Gasteiger charge is 2.49. The van der Waals surface area contributed by atoms with Gasteiger partial charge in [0.25, 0.3) is 0 Å². The summed E-state index contributed by atoms with van der Waals surface area (Å²) in [5.74, 6) is -0.0673. The van der Waals surface area contributed by atoms with Gasteiger partial charge in [0.2, 0.25) is 0 Å². The van der Waals surface area contributed by atoms with Crippen LogP contribution >= 0.6 is 0 Å². The van der Waals surface area contributed by atoms with Crippen molar-refractivity contribution in [3.8, 4) is 0 Å². The Morgan fingerprint density at radius 1 is 1.29 bits per heavy atom. The van der Waals surface area contributed by atoms with E-state index in [9.17, 15) is 21.6 Å². The molecule has 0 aliphatic heterocycles. The molecule has 0 radical (unpaired) electrons. The summed E-state index contributed by atoms with van der Waals surface area (Å²) in [6.07, 6.45) is 1.47. The van der Waals surface area contributed by atoms with Crippen LogP contribution in [0.1, 0.15) is 26.2 Å². The standard InChI is InChI=1S/C7H9F3O3S/c1-5-3-2-4-6(5)13-14(11,12)7(8,9)10/h2-4H2,1H3. The van der Waals surface area contributed by atoms with E-state index < -0.39 is 15.6 Å². The van der Waals surface area contributed by atoms with Gasteiger partial charge in [-0.1, -0.05) is 0 Å². The second kappa shape index (κ2) is 3.45. The second-order valence-corrected chi connectivity index (χ2v) is 4.58. The Morgan fingerprint density at radius 3 is 2.21 bits per heavy atom. The van der Waals surface area contributed by atoms with Crippen molar-refractivity contribution in [1.29, 1.82) is 0 Å². The fourth-order valence-electron chi connectivity index (χ4n) is 1.16. The van der Waals surface area contributed by atoms with Crippen LogP contribution in [0, 0.1) is 0 Å². The number of hydrogen-bond donors (Lipinski definition) is 0. The molecule has 0 saturated heterocycles. The summed E-state index contributed by atoms with van der Waals surface area (Å²) in [5.41, 5.74) is -4.78. The van der Waals surface area contributed by atoms with E-state index in [-0.39, 0.29) is 12.2 Å². The van der Waals surface area contributed by atoms with Crippen molar-refractivity contribution >= 4 is 10.1 Å². The highest BCUT2D eigenvalue weighted by molar-refractivity contribution is 7.87. The van der Waals surface area contributed by atoms with Gasteiger partial charge in [-0.25, -0.2) is 0 Å². The SMILES string of the molecule is CC1=C(OS(=O)(=O)C(F)(F)F)CCC1. The largest absolute Gasteiger partial charge is 0.534 e. The molecule has 0 bridgehead atoms. The Morgan fingerprint density at radius 2 is 1.86 bits per heavy atom. The van der Waals surface area contributed by atoms with Gasteiger partial charge in [0.15, 0.2) is 0 Å². The topological polar surface area (TPSA) is 43.4 Å². The molecule has 0 spiro atoms. The van der Waals surface area contributed by atoms with Crippen molar-refractivity contribution in [1.82, 2.24) is 0 Å². The summed E-state index contributed by atoms with van der Waals surface area (Å²) in [6.45, 7) is 1.56. The van der Waals surface area contributed by atoms with Crippen molar-refractivity contribution in [3.63, 3.8) is 0 Å². The van der Waals surface area contributed by atoms with Gasteiger partial charge in [-0.3, -0.25) is 0 Å². The van der Waals surface area contributed by atoms with Gasteiger partial charge >= 0.3 is 15.6 Å². The molecule has 1 rings (SSSR count). The van der Waals surface area contributed by atoms with Crippen LogP contribution in [0.2, 0.25) is 0 Å². The fraction of sp³-hybridized carbons (Fsp3) is 0.714. The predicted molar refractivity (Wildman–Crippen MR) is 42.6 cm³/mol. The minimum Gasteiger partial charge on any atom is -0.381 e. The number of halogens is 3. The lowest BCUT2D eigenvalue weighted by molar-refractivity contribution is -0.0523. The van der Waals surface area contributed by atoms with Gasteiger partial charge < -0.3 is 4.18 Å². The van der Waals surface area contributed by atoms with E-state index >= 15 is 0 Å². The molecule has 0 N–H and O–H groups in total. The van der Waals surface area contributed by atoms with Crippen molar-refractivity contribution < 1.29 is 25.8 Å². The third kappa shape index (κ3) is 2.20. The molecule has 3 nitrogen and oxygen atoms in total. The Labute approximate surface area is 79.7 Å². The quantitative estimate of drug-likeness (QED) is 0.540. The van der Waals surface area contributed by atoms with Crippen LogP contribution in [-0.4, -0.2) is 13.9 Å². The molecular formula is C7H9F3O3S. The second-order valence-electron chi connectivity index (χ2n) is 3.04. The van der Waals surface area contributed by atoms with Crippen molar-refractivity contribution in [2.75, 3.05) is 0 Å². The zero-order valence-electron chi connectivity index (χ0n) is 7.39. The number of rotatable bonds is 2. The van der Waals surface area contributed by atoms with E-state index in [0.717, 1.165) is 0 Å². The third-order valence-corrected chi connectivity index (χ3v) is 2.91. The maximum atomic E-state index is 11.9. The highest BCUT2D eigenvalue weighted by Crippen LogP contribution is 2.32. The van der Waals surface area contributed by atoms with E-state index in [2.05, 4.69) is 4.18 Å². The first-order chi connectivity index (χ1) is 6.24. The summed E-state index contributed by atoms with van der Waals surface area (Å²) in [7, 11) is -5.47.